The second-order valence-corrected chi connectivity index (χ2v) is 9.41. The Labute approximate surface area is 196 Å². The van der Waals surface area contributed by atoms with Gasteiger partial charge in [-0.15, -0.1) is 0 Å². The number of rotatable bonds is 6. The molecule has 2 N–H and O–H groups in total. The van der Waals surface area contributed by atoms with Crippen molar-refractivity contribution in [2.24, 2.45) is 15.8 Å². The molecule has 0 radical (unpaired) electrons. The Morgan fingerprint density at radius 2 is 1.91 bits per heavy atom. The van der Waals surface area contributed by atoms with E-state index < -0.39 is 16.4 Å². The number of amides is 2. The van der Waals surface area contributed by atoms with Gasteiger partial charge in [-0.2, -0.15) is 8.42 Å². The van der Waals surface area contributed by atoms with E-state index >= 15 is 0 Å². The molecule has 1 unspecified atom stereocenters. The number of hydrogen-bond acceptors (Lipinski definition) is 10. The molecule has 4 heterocycles. The van der Waals surface area contributed by atoms with Crippen molar-refractivity contribution < 1.29 is 17.4 Å². The number of benzene rings is 1. The van der Waals surface area contributed by atoms with E-state index in [1.54, 1.807) is 42.5 Å². The van der Waals surface area contributed by atoms with Gasteiger partial charge < -0.3 is 0 Å². The standard InChI is InChI=1S/C21H22N8O4S/c1-14-6-8-15(9-7-14)34(31,32)33-12-11-27-20-25-19-18(29(20)26(2)21(27)30)17(24-13-28(19)22)16-5-3-4-10-23-16/h3-10,13,20H,11-12,22H2,1-2H3. The third kappa shape index (κ3) is 3.59. The first-order valence-corrected chi connectivity index (χ1v) is 11.8. The molecule has 12 nitrogen and oxygen atoms in total. The number of carbonyl (C=O) groups excluding carboxylic acids is 1. The SMILES string of the molecule is Cc1ccc(S(=O)(=O)OCCN2C(=O)N(C)N3C4=C(c5ccccn5)N=CN(N)C4=NC23)cc1. The highest BCUT2D eigenvalue weighted by molar-refractivity contribution is 7.86. The van der Waals surface area contributed by atoms with E-state index in [9.17, 15) is 13.2 Å². The third-order valence-corrected chi connectivity index (χ3v) is 6.92. The van der Waals surface area contributed by atoms with E-state index in [-0.39, 0.29) is 24.1 Å². The van der Waals surface area contributed by atoms with Crippen molar-refractivity contribution in [3.63, 3.8) is 0 Å². The summed E-state index contributed by atoms with van der Waals surface area (Å²) in [4.78, 5) is 27.8. The maximum Gasteiger partial charge on any atom is 0.341 e. The van der Waals surface area contributed by atoms with E-state index in [0.717, 1.165) is 5.56 Å². The van der Waals surface area contributed by atoms with Crippen LogP contribution in [0.15, 0.2) is 69.2 Å². The smallest absolute Gasteiger partial charge is 0.280 e. The molecule has 2 amide bonds. The van der Waals surface area contributed by atoms with Gasteiger partial charge in [0, 0.05) is 13.2 Å². The highest BCUT2D eigenvalue weighted by Gasteiger charge is 2.51. The molecule has 1 saturated heterocycles. The fourth-order valence-corrected chi connectivity index (χ4v) is 4.78. The molecule has 34 heavy (non-hydrogen) atoms. The summed E-state index contributed by atoms with van der Waals surface area (Å²) < 4.78 is 30.2. The number of aromatic nitrogens is 1. The molecule has 3 aliphatic heterocycles. The summed E-state index contributed by atoms with van der Waals surface area (Å²) in [5, 5.41) is 4.32. The summed E-state index contributed by atoms with van der Waals surface area (Å²) in [7, 11) is -2.37. The molecular weight excluding hydrogens is 460 g/mol. The Balaban J connectivity index is 1.39. The number of amidine groups is 1. The van der Waals surface area contributed by atoms with Crippen molar-refractivity contribution in [3.05, 3.63) is 65.6 Å². The zero-order valence-electron chi connectivity index (χ0n) is 18.4. The number of aliphatic imine (C=N–C) groups is 2. The van der Waals surface area contributed by atoms with Crippen molar-refractivity contribution in [1.29, 1.82) is 0 Å². The Bertz CT molecular complexity index is 1320. The van der Waals surface area contributed by atoms with E-state index in [1.807, 2.05) is 13.0 Å². The maximum atomic E-state index is 13.0. The van der Waals surface area contributed by atoms with Gasteiger partial charge in [0.15, 0.2) is 5.84 Å². The van der Waals surface area contributed by atoms with Gasteiger partial charge in [-0.25, -0.2) is 35.6 Å². The molecule has 0 bridgehead atoms. The van der Waals surface area contributed by atoms with Crippen LogP contribution in [0.2, 0.25) is 0 Å². The molecule has 1 atom stereocenters. The third-order valence-electron chi connectivity index (χ3n) is 5.59. The summed E-state index contributed by atoms with van der Waals surface area (Å²) in [6, 6.07) is 11.4. The Morgan fingerprint density at radius 1 is 1.15 bits per heavy atom. The summed E-state index contributed by atoms with van der Waals surface area (Å²) in [6.07, 6.45) is 2.31. The molecule has 0 spiro atoms. The summed E-state index contributed by atoms with van der Waals surface area (Å²) in [6.45, 7) is 1.62. The fraction of sp³-hybridized carbons (Fsp3) is 0.238. The second kappa shape index (κ2) is 8.20. The predicted molar refractivity (Wildman–Crippen MR) is 123 cm³/mol. The molecule has 13 heteroatoms. The van der Waals surface area contributed by atoms with Crippen LogP contribution in [-0.2, 0) is 14.3 Å². The van der Waals surface area contributed by atoms with Crippen LogP contribution < -0.4 is 5.84 Å². The summed E-state index contributed by atoms with van der Waals surface area (Å²) >= 11 is 0. The number of aryl methyl sites for hydroxylation is 1. The Hall–Kier alpha value is -3.81. The van der Waals surface area contributed by atoms with Gasteiger partial charge in [-0.1, -0.05) is 23.8 Å². The van der Waals surface area contributed by atoms with Crippen molar-refractivity contribution in [1.82, 2.24) is 24.9 Å². The van der Waals surface area contributed by atoms with Gasteiger partial charge in [0.05, 0.1) is 23.7 Å². The first kappa shape index (κ1) is 22.0. The molecule has 5 rings (SSSR count). The van der Waals surface area contributed by atoms with E-state index in [1.165, 1.54) is 33.4 Å². The Morgan fingerprint density at radius 3 is 2.62 bits per heavy atom. The molecule has 1 aromatic heterocycles. The molecule has 0 saturated carbocycles. The summed E-state index contributed by atoms with van der Waals surface area (Å²) in [5.41, 5.74) is 2.58. The first-order valence-electron chi connectivity index (χ1n) is 10.4. The minimum absolute atomic E-state index is 0.0101. The van der Waals surface area contributed by atoms with Crippen LogP contribution in [0.3, 0.4) is 0 Å². The zero-order valence-corrected chi connectivity index (χ0v) is 19.3. The number of pyridine rings is 1. The molecule has 1 fully saturated rings. The fourth-order valence-electron chi connectivity index (χ4n) is 3.89. The molecule has 3 aliphatic rings. The van der Waals surface area contributed by atoms with E-state index in [4.69, 9.17) is 10.0 Å². The predicted octanol–water partition coefficient (Wildman–Crippen LogP) is 0.962. The van der Waals surface area contributed by atoms with Gasteiger partial charge in [0.2, 0.25) is 6.29 Å². The number of fused-ring (bicyclic) bond motifs is 3. The van der Waals surface area contributed by atoms with E-state index in [0.29, 0.717) is 22.9 Å². The number of nitrogens with zero attached hydrogens (tertiary/aromatic N) is 7. The average molecular weight is 483 g/mol. The lowest BCUT2D eigenvalue weighted by Gasteiger charge is -2.28. The van der Waals surface area contributed by atoms with Gasteiger partial charge in [0.25, 0.3) is 10.1 Å². The molecular formula is C21H22N8O4S. The van der Waals surface area contributed by atoms with Crippen LogP contribution >= 0.6 is 0 Å². The van der Waals surface area contributed by atoms with Crippen molar-refractivity contribution in [2.45, 2.75) is 18.1 Å². The van der Waals surface area contributed by atoms with Crippen LogP contribution in [0.25, 0.3) is 5.70 Å². The molecule has 0 aliphatic carbocycles. The van der Waals surface area contributed by atoms with Crippen molar-refractivity contribution in [3.8, 4) is 0 Å². The average Bonchev–Trinajstić information content (AvgIpc) is 3.32. The molecule has 2 aromatic rings. The minimum atomic E-state index is -3.96. The van der Waals surface area contributed by atoms with Crippen LogP contribution in [0, 0.1) is 6.92 Å². The Kier molecular flexibility index (Phi) is 5.31. The van der Waals surface area contributed by atoms with Crippen molar-refractivity contribution >= 4 is 34.0 Å². The number of hydrogen-bond donors (Lipinski definition) is 1. The van der Waals surface area contributed by atoms with Crippen LogP contribution in [0.1, 0.15) is 11.3 Å². The number of hydrazine groups is 2. The highest BCUT2D eigenvalue weighted by Crippen LogP contribution is 2.37. The zero-order chi connectivity index (χ0) is 24.0. The quantitative estimate of drug-likeness (QED) is 0.475. The van der Waals surface area contributed by atoms with Gasteiger partial charge in [0.1, 0.15) is 17.7 Å². The van der Waals surface area contributed by atoms with Crippen LogP contribution in [0.5, 0.6) is 0 Å². The summed E-state index contributed by atoms with van der Waals surface area (Å²) in [5.74, 6) is 6.48. The monoisotopic (exact) mass is 482 g/mol. The van der Waals surface area contributed by atoms with E-state index in [2.05, 4.69) is 15.0 Å². The highest BCUT2D eigenvalue weighted by atomic mass is 32.2. The number of carbonyl (C=O) groups is 1. The lowest BCUT2D eigenvalue weighted by atomic mass is 10.2. The second-order valence-electron chi connectivity index (χ2n) is 7.80. The first-order chi connectivity index (χ1) is 16.3. The minimum Gasteiger partial charge on any atom is -0.280 e. The lowest BCUT2D eigenvalue weighted by molar-refractivity contribution is 0.0842. The van der Waals surface area contributed by atoms with Crippen LogP contribution in [0.4, 0.5) is 4.79 Å². The van der Waals surface area contributed by atoms with Crippen LogP contribution in [-0.4, -0.2) is 78.0 Å². The molecule has 176 valence electrons. The largest absolute Gasteiger partial charge is 0.341 e. The number of nitrogens with two attached hydrogens (primary N) is 1. The lowest BCUT2D eigenvalue weighted by Crippen LogP contribution is -2.44. The topological polar surface area (TPSA) is 137 Å². The maximum absolute atomic E-state index is 13.0. The van der Waals surface area contributed by atoms with Gasteiger partial charge >= 0.3 is 6.03 Å². The normalized spacial score (nSPS) is 19.7. The van der Waals surface area contributed by atoms with Gasteiger partial charge in [-0.3, -0.25) is 14.1 Å². The molecule has 1 aromatic carbocycles. The van der Waals surface area contributed by atoms with Crippen molar-refractivity contribution in [2.75, 3.05) is 20.2 Å². The number of urea groups is 1. The van der Waals surface area contributed by atoms with Gasteiger partial charge in [-0.05, 0) is 31.2 Å².